The molecule has 0 radical (unpaired) electrons. The van der Waals surface area contributed by atoms with Gasteiger partial charge in [-0.3, -0.25) is 9.69 Å². The van der Waals surface area contributed by atoms with E-state index in [9.17, 15) is 13.2 Å². The molecule has 0 bridgehead atoms. The van der Waals surface area contributed by atoms with E-state index >= 15 is 0 Å². The highest BCUT2D eigenvalue weighted by atomic mass is 32.2. The molecular weight excluding hydrogens is 380 g/mol. The summed E-state index contributed by atoms with van der Waals surface area (Å²) in [7, 11) is -0.613. The Morgan fingerprint density at radius 2 is 1.86 bits per heavy atom. The number of carbonyl (C=O) groups excluding carboxylic acids is 1. The number of nitrogens with zero attached hydrogens (tertiary/aromatic N) is 3. The van der Waals surface area contributed by atoms with Gasteiger partial charge in [0, 0.05) is 46.8 Å². The van der Waals surface area contributed by atoms with Crippen molar-refractivity contribution in [1.29, 1.82) is 0 Å². The minimum atomic E-state index is -3.59. The first-order chi connectivity index (χ1) is 13.4. The minimum Gasteiger partial charge on any atom is -0.379 e. The van der Waals surface area contributed by atoms with Crippen molar-refractivity contribution in [3.63, 3.8) is 0 Å². The third-order valence-electron chi connectivity index (χ3n) is 5.33. The van der Waals surface area contributed by atoms with Crippen LogP contribution in [0.5, 0.6) is 0 Å². The number of morpholine rings is 1. The summed E-state index contributed by atoms with van der Waals surface area (Å²) in [6.45, 7) is 4.89. The van der Waals surface area contributed by atoms with Gasteiger partial charge in [-0.1, -0.05) is 24.3 Å². The number of rotatable bonds is 7. The molecule has 28 heavy (non-hydrogen) atoms. The first-order valence-electron chi connectivity index (χ1n) is 9.73. The summed E-state index contributed by atoms with van der Waals surface area (Å²) in [5.41, 5.74) is 2.23. The molecule has 1 amide bonds. The van der Waals surface area contributed by atoms with Crippen molar-refractivity contribution < 1.29 is 17.9 Å². The van der Waals surface area contributed by atoms with Crippen LogP contribution in [0.2, 0.25) is 0 Å². The summed E-state index contributed by atoms with van der Waals surface area (Å²) in [4.78, 5) is 15.1. The average Bonchev–Trinajstić information content (AvgIpc) is 3.18. The molecule has 0 saturated carbocycles. The van der Waals surface area contributed by atoms with Gasteiger partial charge in [-0.15, -0.1) is 0 Å². The number of hydrogen-bond donors (Lipinski definition) is 1. The number of ether oxygens (including phenoxy) is 1. The maximum atomic E-state index is 12.7. The van der Waals surface area contributed by atoms with Crippen molar-refractivity contribution in [2.45, 2.75) is 32.0 Å². The van der Waals surface area contributed by atoms with Crippen molar-refractivity contribution in [3.8, 4) is 0 Å². The second-order valence-corrected chi connectivity index (χ2v) is 9.53. The molecule has 1 unspecified atom stereocenters. The molecule has 0 aliphatic carbocycles. The first kappa shape index (κ1) is 21.2. The van der Waals surface area contributed by atoms with Crippen molar-refractivity contribution in [2.24, 2.45) is 0 Å². The summed E-state index contributed by atoms with van der Waals surface area (Å²) < 4.78 is 32.8. The van der Waals surface area contributed by atoms with Gasteiger partial charge in [0.1, 0.15) is 6.04 Å². The summed E-state index contributed by atoms with van der Waals surface area (Å²) in [5, 5.41) is 2.95. The van der Waals surface area contributed by atoms with Crippen LogP contribution in [0.1, 0.15) is 24.0 Å². The van der Waals surface area contributed by atoms with Crippen LogP contribution in [0.25, 0.3) is 0 Å². The Morgan fingerprint density at radius 3 is 2.54 bits per heavy atom. The SMILES string of the molecule is CN(C)S(=O)(=O)N1CCCC1C(=O)NCc1ccccc1CN1CCOCC1. The fraction of sp³-hybridized carbons (Fsp3) is 0.632. The third-order valence-corrected chi connectivity index (χ3v) is 7.29. The summed E-state index contributed by atoms with van der Waals surface area (Å²) in [6, 6.07) is 7.42. The number of benzene rings is 1. The molecule has 1 atom stereocenters. The van der Waals surface area contributed by atoms with Crippen LogP contribution in [-0.2, 0) is 32.8 Å². The van der Waals surface area contributed by atoms with Gasteiger partial charge in [-0.05, 0) is 24.0 Å². The molecule has 0 spiro atoms. The molecule has 2 aliphatic rings. The Bertz CT molecular complexity index is 778. The highest BCUT2D eigenvalue weighted by Crippen LogP contribution is 2.22. The topological polar surface area (TPSA) is 82.2 Å². The van der Waals surface area contributed by atoms with Crippen LogP contribution >= 0.6 is 0 Å². The van der Waals surface area contributed by atoms with Gasteiger partial charge in [0.25, 0.3) is 10.2 Å². The van der Waals surface area contributed by atoms with E-state index < -0.39 is 16.3 Å². The van der Waals surface area contributed by atoms with Gasteiger partial charge >= 0.3 is 0 Å². The van der Waals surface area contributed by atoms with E-state index in [1.54, 1.807) is 0 Å². The van der Waals surface area contributed by atoms with E-state index in [1.165, 1.54) is 24.0 Å². The second kappa shape index (κ2) is 9.32. The van der Waals surface area contributed by atoms with E-state index in [-0.39, 0.29) is 5.91 Å². The molecular formula is C19H30N4O4S. The first-order valence-corrected chi connectivity index (χ1v) is 11.1. The van der Waals surface area contributed by atoms with E-state index in [0.717, 1.165) is 42.7 Å². The van der Waals surface area contributed by atoms with Gasteiger partial charge in [-0.25, -0.2) is 0 Å². The van der Waals surface area contributed by atoms with Gasteiger partial charge in [0.15, 0.2) is 0 Å². The van der Waals surface area contributed by atoms with Crippen molar-refractivity contribution in [1.82, 2.24) is 18.8 Å². The molecule has 2 fully saturated rings. The van der Waals surface area contributed by atoms with Crippen LogP contribution < -0.4 is 5.32 Å². The maximum absolute atomic E-state index is 12.7. The summed E-state index contributed by atoms with van der Waals surface area (Å²) in [6.07, 6.45) is 1.24. The quantitative estimate of drug-likeness (QED) is 0.704. The lowest BCUT2D eigenvalue weighted by atomic mass is 10.1. The fourth-order valence-corrected chi connectivity index (χ4v) is 4.97. The lowest BCUT2D eigenvalue weighted by Gasteiger charge is -2.28. The van der Waals surface area contributed by atoms with Crippen LogP contribution in [0.3, 0.4) is 0 Å². The average molecular weight is 411 g/mol. The zero-order valence-electron chi connectivity index (χ0n) is 16.6. The molecule has 2 aliphatic heterocycles. The Balaban J connectivity index is 1.63. The third kappa shape index (κ3) is 4.90. The lowest BCUT2D eigenvalue weighted by Crippen LogP contribution is -2.49. The van der Waals surface area contributed by atoms with Gasteiger partial charge in [0.05, 0.1) is 13.2 Å². The van der Waals surface area contributed by atoms with Crippen LogP contribution in [0.15, 0.2) is 24.3 Å². The lowest BCUT2D eigenvalue weighted by molar-refractivity contribution is -0.124. The number of nitrogens with one attached hydrogen (secondary N) is 1. The molecule has 156 valence electrons. The number of amides is 1. The van der Waals surface area contributed by atoms with E-state index in [2.05, 4.69) is 16.3 Å². The molecule has 2 saturated heterocycles. The van der Waals surface area contributed by atoms with Gasteiger partial charge in [-0.2, -0.15) is 17.0 Å². The molecule has 1 aromatic carbocycles. The van der Waals surface area contributed by atoms with Crippen LogP contribution in [0, 0.1) is 0 Å². The maximum Gasteiger partial charge on any atom is 0.282 e. The van der Waals surface area contributed by atoms with E-state index in [1.807, 2.05) is 18.2 Å². The van der Waals surface area contributed by atoms with Gasteiger partial charge < -0.3 is 10.1 Å². The van der Waals surface area contributed by atoms with Crippen molar-refractivity contribution in [2.75, 3.05) is 46.9 Å². The zero-order valence-corrected chi connectivity index (χ0v) is 17.5. The minimum absolute atomic E-state index is 0.232. The molecule has 8 nitrogen and oxygen atoms in total. The van der Waals surface area contributed by atoms with Crippen LogP contribution in [-0.4, -0.2) is 80.8 Å². The predicted octanol–water partition coefficient (Wildman–Crippen LogP) is 0.406. The van der Waals surface area contributed by atoms with Gasteiger partial charge in [0.2, 0.25) is 5.91 Å². The molecule has 3 rings (SSSR count). The van der Waals surface area contributed by atoms with Crippen molar-refractivity contribution >= 4 is 16.1 Å². The largest absolute Gasteiger partial charge is 0.379 e. The normalized spacial score (nSPS) is 21.9. The Labute approximate surface area is 167 Å². The fourth-order valence-electron chi connectivity index (χ4n) is 3.67. The number of carbonyl (C=O) groups is 1. The van der Waals surface area contributed by atoms with Crippen molar-refractivity contribution in [3.05, 3.63) is 35.4 Å². The summed E-state index contributed by atoms with van der Waals surface area (Å²) in [5.74, 6) is -0.232. The Morgan fingerprint density at radius 1 is 1.18 bits per heavy atom. The zero-order chi connectivity index (χ0) is 20.1. The molecule has 1 N–H and O–H groups in total. The Kier molecular flexibility index (Phi) is 7.05. The van der Waals surface area contributed by atoms with E-state index in [0.29, 0.717) is 25.9 Å². The Hall–Kier alpha value is -1.52. The smallest absolute Gasteiger partial charge is 0.282 e. The van der Waals surface area contributed by atoms with Crippen LogP contribution in [0.4, 0.5) is 0 Å². The van der Waals surface area contributed by atoms with E-state index in [4.69, 9.17) is 4.74 Å². The second-order valence-electron chi connectivity index (χ2n) is 7.43. The summed E-state index contributed by atoms with van der Waals surface area (Å²) >= 11 is 0. The molecule has 1 aromatic rings. The molecule has 0 aromatic heterocycles. The molecule has 2 heterocycles. The predicted molar refractivity (Wildman–Crippen MR) is 107 cm³/mol. The standard InChI is InChI=1S/C19H30N4O4S/c1-21(2)28(25,26)23-9-5-8-18(23)19(24)20-14-16-6-3-4-7-17(16)15-22-10-12-27-13-11-22/h3-4,6-7,18H,5,8-15H2,1-2H3,(H,20,24). The molecule has 9 heteroatoms. The monoisotopic (exact) mass is 410 g/mol. The highest BCUT2D eigenvalue weighted by molar-refractivity contribution is 7.86. The number of hydrogen-bond acceptors (Lipinski definition) is 5. The highest BCUT2D eigenvalue weighted by Gasteiger charge is 2.39.